The van der Waals surface area contributed by atoms with Crippen molar-refractivity contribution in [2.45, 2.75) is 58.5 Å². The van der Waals surface area contributed by atoms with Gasteiger partial charge in [0, 0.05) is 12.0 Å². The number of alkyl halides is 1. The molecule has 0 aliphatic rings. The zero-order valence-electron chi connectivity index (χ0n) is 16.4. The largest absolute Gasteiger partial charge is 0.444 e. The quantitative estimate of drug-likeness (QED) is 0.587. The first-order valence-corrected chi connectivity index (χ1v) is 8.58. The van der Waals surface area contributed by atoms with E-state index in [0.29, 0.717) is 5.56 Å². The van der Waals surface area contributed by atoms with Crippen molar-refractivity contribution in [1.29, 1.82) is 0 Å². The molecule has 1 aromatic carbocycles. The van der Waals surface area contributed by atoms with Gasteiger partial charge in [-0.25, -0.2) is 4.79 Å². The smallest absolute Gasteiger partial charge is 0.409 e. The highest BCUT2D eigenvalue weighted by Gasteiger charge is 2.28. The third kappa shape index (κ3) is 9.06. The van der Waals surface area contributed by atoms with E-state index in [1.54, 1.807) is 58.9 Å². The maximum atomic E-state index is 13.0. The second-order valence-corrected chi connectivity index (χ2v) is 7.46. The molecule has 0 aliphatic heterocycles. The van der Waals surface area contributed by atoms with Crippen LogP contribution in [0.1, 0.15) is 58.3 Å². The van der Waals surface area contributed by atoms with Crippen molar-refractivity contribution in [2.24, 2.45) is 5.73 Å². The van der Waals surface area contributed by atoms with E-state index in [1.165, 1.54) is 0 Å². The predicted octanol–water partition coefficient (Wildman–Crippen LogP) is 3.20. The number of carbonyl (C=O) groups is 2. The molecule has 0 radical (unpaired) electrons. The van der Waals surface area contributed by atoms with Crippen LogP contribution >= 0.6 is 0 Å². The lowest BCUT2D eigenvalue weighted by Crippen LogP contribution is -2.48. The van der Waals surface area contributed by atoms with E-state index in [9.17, 15) is 14.0 Å². The topological polar surface area (TPSA) is 90.7 Å². The van der Waals surface area contributed by atoms with Crippen LogP contribution in [-0.2, 0) is 14.3 Å². The van der Waals surface area contributed by atoms with Crippen LogP contribution in [0.25, 0.3) is 0 Å². The lowest BCUT2D eigenvalue weighted by molar-refractivity contribution is -0.112. The molecule has 3 N–H and O–H groups in total. The summed E-state index contributed by atoms with van der Waals surface area (Å²) < 4.78 is 24.2. The van der Waals surface area contributed by atoms with Crippen LogP contribution in [0.2, 0.25) is 0 Å². The van der Waals surface area contributed by atoms with Gasteiger partial charge in [-0.1, -0.05) is 18.1 Å². The van der Waals surface area contributed by atoms with Gasteiger partial charge in [0.2, 0.25) is 0 Å². The second kappa shape index (κ2) is 9.38. The van der Waals surface area contributed by atoms with E-state index in [0.717, 1.165) is 5.56 Å². The summed E-state index contributed by atoms with van der Waals surface area (Å²) in [6.45, 7) is 8.01. The van der Waals surface area contributed by atoms with Crippen LogP contribution in [-0.4, -0.2) is 30.0 Å². The third-order valence-electron chi connectivity index (χ3n) is 3.22. The maximum absolute atomic E-state index is 13.0. The summed E-state index contributed by atoms with van der Waals surface area (Å²) >= 11 is 0. The van der Waals surface area contributed by atoms with E-state index < -0.39 is 36.1 Å². The molecular formula is C20H27FN2O4. The average Bonchev–Trinajstić information content (AvgIpc) is 2.50. The lowest BCUT2D eigenvalue weighted by Gasteiger charge is -2.32. The van der Waals surface area contributed by atoms with Crippen LogP contribution in [0.3, 0.4) is 0 Å². The van der Waals surface area contributed by atoms with E-state index in [1.807, 2.05) is 0 Å². The van der Waals surface area contributed by atoms with Gasteiger partial charge in [-0.05, 0) is 58.2 Å². The number of amides is 2. The number of ether oxygens (including phenoxy) is 2. The molecule has 0 saturated carbocycles. The van der Waals surface area contributed by atoms with E-state index in [2.05, 4.69) is 17.2 Å². The van der Waals surface area contributed by atoms with Crippen molar-refractivity contribution in [1.82, 2.24) is 5.32 Å². The molecular weight excluding hydrogens is 351 g/mol. The molecule has 1 unspecified atom stereocenters. The standard InChI is InChI=1S/C20H27FN2O4/c1-19(2,3)27-18(25)23-20(4,5)26-16(12-13-21)15-9-6-14(7-10-15)8-11-17(22)24/h6-7,9-10,16H,12-13H2,1-5H3,(H2,22,24)(H,23,25). The summed E-state index contributed by atoms with van der Waals surface area (Å²) in [5.74, 6) is 4.16. The number of benzene rings is 1. The Morgan fingerprint density at radius 1 is 1.19 bits per heavy atom. The Kier molecular flexibility index (Phi) is 7.80. The fourth-order valence-electron chi connectivity index (χ4n) is 2.24. The van der Waals surface area contributed by atoms with Crippen molar-refractivity contribution in [3.8, 4) is 11.8 Å². The molecule has 0 heterocycles. The fourth-order valence-corrected chi connectivity index (χ4v) is 2.24. The minimum Gasteiger partial charge on any atom is -0.444 e. The van der Waals surface area contributed by atoms with Crippen molar-refractivity contribution in [2.75, 3.05) is 6.67 Å². The number of nitrogens with one attached hydrogen (secondary N) is 1. The molecule has 1 rings (SSSR count). The molecule has 0 spiro atoms. The molecule has 27 heavy (non-hydrogen) atoms. The van der Waals surface area contributed by atoms with Gasteiger partial charge in [0.05, 0.1) is 12.8 Å². The van der Waals surface area contributed by atoms with Gasteiger partial charge >= 0.3 is 6.09 Å². The first kappa shape index (κ1) is 22.5. The van der Waals surface area contributed by atoms with Gasteiger partial charge < -0.3 is 15.2 Å². The summed E-state index contributed by atoms with van der Waals surface area (Å²) in [4.78, 5) is 22.7. The van der Waals surface area contributed by atoms with Crippen molar-refractivity contribution >= 4 is 12.0 Å². The SMILES string of the molecule is CC(C)(C)OC(=O)NC(C)(C)OC(CCF)c1ccc(C#CC(N)=O)cc1. The number of hydrogen-bond donors (Lipinski definition) is 2. The predicted molar refractivity (Wildman–Crippen MR) is 100 cm³/mol. The molecule has 2 amide bonds. The molecule has 6 nitrogen and oxygen atoms in total. The summed E-state index contributed by atoms with van der Waals surface area (Å²) in [6, 6.07) is 6.84. The van der Waals surface area contributed by atoms with Crippen LogP contribution in [0.15, 0.2) is 24.3 Å². The summed E-state index contributed by atoms with van der Waals surface area (Å²) in [7, 11) is 0. The van der Waals surface area contributed by atoms with Crippen molar-refractivity contribution < 1.29 is 23.5 Å². The van der Waals surface area contributed by atoms with E-state index in [4.69, 9.17) is 15.2 Å². The minimum absolute atomic E-state index is 0.117. The Labute approximate surface area is 159 Å². The molecule has 0 saturated heterocycles. The van der Waals surface area contributed by atoms with Gasteiger partial charge in [0.25, 0.3) is 5.91 Å². The van der Waals surface area contributed by atoms with Crippen molar-refractivity contribution in [3.05, 3.63) is 35.4 Å². The first-order valence-electron chi connectivity index (χ1n) is 8.58. The Morgan fingerprint density at radius 2 is 1.78 bits per heavy atom. The Hall–Kier alpha value is -2.59. The highest BCUT2D eigenvalue weighted by atomic mass is 19.1. The van der Waals surface area contributed by atoms with Gasteiger partial charge in [-0.15, -0.1) is 0 Å². The molecule has 0 aromatic heterocycles. The number of carbonyl (C=O) groups excluding carboxylic acids is 2. The number of hydrogen-bond acceptors (Lipinski definition) is 4. The van der Waals surface area contributed by atoms with Gasteiger partial charge in [0.1, 0.15) is 11.3 Å². The van der Waals surface area contributed by atoms with Gasteiger partial charge in [-0.2, -0.15) is 0 Å². The van der Waals surface area contributed by atoms with E-state index in [-0.39, 0.29) is 6.42 Å². The van der Waals surface area contributed by atoms with Gasteiger partial charge in [-0.3, -0.25) is 14.5 Å². The van der Waals surface area contributed by atoms with Gasteiger partial charge in [0.15, 0.2) is 0 Å². The Bertz CT molecular complexity index is 712. The van der Waals surface area contributed by atoms with Crippen molar-refractivity contribution in [3.63, 3.8) is 0 Å². The zero-order chi connectivity index (χ0) is 20.7. The molecule has 7 heteroatoms. The molecule has 0 bridgehead atoms. The summed E-state index contributed by atoms with van der Waals surface area (Å²) in [5.41, 5.74) is 4.59. The van der Waals surface area contributed by atoms with Crippen LogP contribution in [0.4, 0.5) is 9.18 Å². The molecule has 1 atom stereocenters. The number of nitrogens with two attached hydrogens (primary N) is 1. The highest BCUT2D eigenvalue weighted by Crippen LogP contribution is 2.27. The second-order valence-electron chi connectivity index (χ2n) is 7.46. The number of alkyl carbamates (subject to hydrolysis) is 1. The monoisotopic (exact) mass is 378 g/mol. The summed E-state index contributed by atoms with van der Waals surface area (Å²) in [5, 5.41) is 2.64. The Morgan fingerprint density at radius 3 is 2.26 bits per heavy atom. The van der Waals surface area contributed by atoms with E-state index >= 15 is 0 Å². The zero-order valence-corrected chi connectivity index (χ0v) is 16.4. The number of primary amides is 1. The first-order chi connectivity index (χ1) is 12.4. The molecule has 0 fully saturated rings. The highest BCUT2D eigenvalue weighted by molar-refractivity contribution is 5.92. The minimum atomic E-state index is -1.08. The van der Waals surface area contributed by atoms with Crippen LogP contribution in [0.5, 0.6) is 0 Å². The number of halogens is 1. The number of rotatable bonds is 6. The summed E-state index contributed by atoms with van der Waals surface area (Å²) in [6.07, 6.45) is -1.09. The lowest BCUT2D eigenvalue weighted by atomic mass is 10.0. The van der Waals surface area contributed by atoms with Crippen LogP contribution in [0, 0.1) is 11.8 Å². The Balaban J connectivity index is 2.87. The maximum Gasteiger partial charge on any atom is 0.409 e. The normalized spacial score (nSPS) is 12.5. The average molecular weight is 378 g/mol. The third-order valence-corrected chi connectivity index (χ3v) is 3.22. The molecule has 1 aromatic rings. The molecule has 0 aliphatic carbocycles. The van der Waals surface area contributed by atoms with Crippen LogP contribution < -0.4 is 11.1 Å². The fraction of sp³-hybridized carbons (Fsp3) is 0.500. The molecule has 148 valence electrons.